The molecule has 2 atom stereocenters. The van der Waals surface area contributed by atoms with Crippen molar-refractivity contribution in [2.45, 2.75) is 31.3 Å². The first-order valence-electron chi connectivity index (χ1n) is 4.95. The van der Waals surface area contributed by atoms with Crippen LogP contribution in [0.4, 0.5) is 4.79 Å². The maximum absolute atomic E-state index is 11.0. The topological polar surface area (TPSA) is 49.6 Å². The van der Waals surface area contributed by atoms with Gasteiger partial charge in [-0.3, -0.25) is 4.90 Å². The van der Waals surface area contributed by atoms with Crippen molar-refractivity contribution in [2.75, 3.05) is 20.1 Å². The van der Waals surface area contributed by atoms with Crippen molar-refractivity contribution >= 4 is 6.03 Å². The zero-order chi connectivity index (χ0) is 9.42. The van der Waals surface area contributed by atoms with Crippen LogP contribution in [-0.2, 0) is 0 Å². The van der Waals surface area contributed by atoms with Crippen LogP contribution in [0.3, 0.4) is 0 Å². The number of piperidine rings is 1. The number of hydrogen-bond acceptors (Lipinski definition) is 2. The third kappa shape index (κ3) is 1.50. The summed E-state index contributed by atoms with van der Waals surface area (Å²) in [5.74, 6) is 0. The van der Waals surface area contributed by atoms with Gasteiger partial charge in [-0.05, 0) is 19.9 Å². The molecule has 13 heavy (non-hydrogen) atoms. The number of fused-ring (bicyclic) bond motifs is 2. The van der Waals surface area contributed by atoms with E-state index in [4.69, 9.17) is 5.73 Å². The fourth-order valence-corrected chi connectivity index (χ4v) is 2.50. The second-order valence-corrected chi connectivity index (χ2v) is 4.15. The molecule has 0 saturated carbocycles. The third-order valence-electron chi connectivity index (χ3n) is 3.40. The van der Waals surface area contributed by atoms with Gasteiger partial charge in [-0.15, -0.1) is 0 Å². The molecule has 2 heterocycles. The summed E-state index contributed by atoms with van der Waals surface area (Å²) in [7, 11) is 2.16. The zero-order valence-corrected chi connectivity index (χ0v) is 8.07. The smallest absolute Gasteiger partial charge is 0.314 e. The van der Waals surface area contributed by atoms with Crippen LogP contribution in [0.5, 0.6) is 0 Å². The monoisotopic (exact) mass is 183 g/mol. The van der Waals surface area contributed by atoms with E-state index in [0.717, 1.165) is 13.1 Å². The van der Waals surface area contributed by atoms with Crippen LogP contribution in [0.2, 0.25) is 0 Å². The van der Waals surface area contributed by atoms with Crippen LogP contribution in [0.1, 0.15) is 19.3 Å². The van der Waals surface area contributed by atoms with E-state index < -0.39 is 0 Å². The molecule has 2 N–H and O–H groups in total. The Morgan fingerprint density at radius 3 is 2.31 bits per heavy atom. The van der Waals surface area contributed by atoms with Crippen molar-refractivity contribution in [1.29, 1.82) is 0 Å². The number of primary amides is 1. The minimum Gasteiger partial charge on any atom is -0.351 e. The fourth-order valence-electron chi connectivity index (χ4n) is 2.50. The van der Waals surface area contributed by atoms with Gasteiger partial charge in [-0.2, -0.15) is 0 Å². The normalized spacial score (nSPS) is 34.7. The first kappa shape index (κ1) is 8.81. The van der Waals surface area contributed by atoms with Crippen molar-refractivity contribution in [2.24, 2.45) is 5.73 Å². The van der Waals surface area contributed by atoms with E-state index in [1.807, 2.05) is 0 Å². The lowest BCUT2D eigenvalue weighted by molar-refractivity contribution is 0.0283. The van der Waals surface area contributed by atoms with E-state index in [0.29, 0.717) is 12.1 Å². The van der Waals surface area contributed by atoms with Gasteiger partial charge in [0, 0.05) is 25.2 Å². The molecule has 2 rings (SSSR count). The lowest BCUT2D eigenvalue weighted by Gasteiger charge is -2.47. The highest BCUT2D eigenvalue weighted by Crippen LogP contribution is 2.26. The van der Waals surface area contributed by atoms with Gasteiger partial charge >= 0.3 is 6.03 Å². The van der Waals surface area contributed by atoms with Crippen LogP contribution in [-0.4, -0.2) is 48.1 Å². The number of carbonyl (C=O) groups is 1. The maximum Gasteiger partial charge on any atom is 0.314 e. The Balaban J connectivity index is 2.07. The molecule has 0 aliphatic carbocycles. The minimum atomic E-state index is -0.259. The zero-order valence-electron chi connectivity index (χ0n) is 8.07. The van der Waals surface area contributed by atoms with E-state index in [2.05, 4.69) is 11.9 Å². The van der Waals surface area contributed by atoms with Gasteiger partial charge in [0.25, 0.3) is 0 Å². The van der Waals surface area contributed by atoms with Gasteiger partial charge in [0.1, 0.15) is 0 Å². The SMILES string of the molecule is CN1C2CCCC1CN(C(N)=O)C2. The molecule has 0 radical (unpaired) electrons. The number of urea groups is 1. The predicted molar refractivity (Wildman–Crippen MR) is 50.3 cm³/mol. The standard InChI is InChI=1S/C9H17N3O/c1-11-7-3-2-4-8(11)6-12(5-7)9(10)13/h7-8H,2-6H2,1H3,(H2,10,13). The molecule has 0 spiro atoms. The Kier molecular flexibility index (Phi) is 2.15. The van der Waals surface area contributed by atoms with E-state index in [1.54, 1.807) is 4.90 Å². The van der Waals surface area contributed by atoms with Gasteiger partial charge in [0.2, 0.25) is 0 Å². The first-order chi connectivity index (χ1) is 6.18. The summed E-state index contributed by atoms with van der Waals surface area (Å²) in [5, 5.41) is 0. The number of carbonyl (C=O) groups excluding carboxylic acids is 1. The average molecular weight is 183 g/mol. The van der Waals surface area contributed by atoms with Crippen LogP contribution >= 0.6 is 0 Å². The number of likely N-dealkylation sites (tertiary alicyclic amines) is 1. The minimum absolute atomic E-state index is 0.259. The number of piperazine rings is 1. The van der Waals surface area contributed by atoms with Crippen LogP contribution in [0.15, 0.2) is 0 Å². The van der Waals surface area contributed by atoms with Crippen LogP contribution in [0.25, 0.3) is 0 Å². The molecule has 74 valence electrons. The molecule has 0 aromatic rings. The van der Waals surface area contributed by atoms with Crippen LogP contribution < -0.4 is 5.73 Å². The predicted octanol–water partition coefficient (Wildman–Crippen LogP) is 0.234. The molecule has 2 aliphatic rings. The highest BCUT2D eigenvalue weighted by Gasteiger charge is 2.35. The molecule has 4 heteroatoms. The van der Waals surface area contributed by atoms with E-state index in [9.17, 15) is 4.79 Å². The Morgan fingerprint density at radius 1 is 1.31 bits per heavy atom. The van der Waals surface area contributed by atoms with Crippen molar-refractivity contribution in [1.82, 2.24) is 9.80 Å². The molecule has 2 amide bonds. The fraction of sp³-hybridized carbons (Fsp3) is 0.889. The van der Waals surface area contributed by atoms with Crippen molar-refractivity contribution in [3.05, 3.63) is 0 Å². The summed E-state index contributed by atoms with van der Waals surface area (Å²) in [6, 6.07) is 0.824. The average Bonchev–Trinajstić information content (AvgIpc) is 2.02. The third-order valence-corrected chi connectivity index (χ3v) is 3.40. The van der Waals surface area contributed by atoms with E-state index in [-0.39, 0.29) is 6.03 Å². The summed E-state index contributed by atoms with van der Waals surface area (Å²) in [5.41, 5.74) is 5.28. The van der Waals surface area contributed by atoms with E-state index in [1.165, 1.54) is 19.3 Å². The van der Waals surface area contributed by atoms with Crippen LogP contribution in [0, 0.1) is 0 Å². The summed E-state index contributed by atoms with van der Waals surface area (Å²) < 4.78 is 0. The molecule has 2 fully saturated rings. The van der Waals surface area contributed by atoms with Crippen molar-refractivity contribution in [3.63, 3.8) is 0 Å². The Labute approximate surface area is 78.7 Å². The summed E-state index contributed by atoms with van der Waals surface area (Å²) >= 11 is 0. The number of likely N-dealkylation sites (N-methyl/N-ethyl adjacent to an activating group) is 1. The maximum atomic E-state index is 11.0. The summed E-state index contributed by atoms with van der Waals surface area (Å²) in [6.45, 7) is 1.64. The Bertz CT molecular complexity index is 205. The summed E-state index contributed by atoms with van der Waals surface area (Å²) in [6.07, 6.45) is 3.71. The highest BCUT2D eigenvalue weighted by atomic mass is 16.2. The van der Waals surface area contributed by atoms with Gasteiger partial charge < -0.3 is 10.6 Å². The molecular formula is C9H17N3O. The molecule has 2 aliphatic heterocycles. The van der Waals surface area contributed by atoms with Gasteiger partial charge in [-0.25, -0.2) is 4.79 Å². The van der Waals surface area contributed by atoms with Gasteiger partial charge in [-0.1, -0.05) is 6.42 Å². The van der Waals surface area contributed by atoms with Gasteiger partial charge in [0.15, 0.2) is 0 Å². The van der Waals surface area contributed by atoms with Crippen molar-refractivity contribution in [3.8, 4) is 0 Å². The number of hydrogen-bond donors (Lipinski definition) is 1. The quantitative estimate of drug-likeness (QED) is 0.584. The number of nitrogens with two attached hydrogens (primary N) is 1. The number of amides is 2. The Hall–Kier alpha value is -0.770. The lowest BCUT2D eigenvalue weighted by atomic mass is 9.92. The largest absolute Gasteiger partial charge is 0.351 e. The number of rotatable bonds is 0. The van der Waals surface area contributed by atoms with E-state index >= 15 is 0 Å². The first-order valence-corrected chi connectivity index (χ1v) is 4.95. The van der Waals surface area contributed by atoms with Gasteiger partial charge in [0.05, 0.1) is 0 Å². The summed E-state index contributed by atoms with van der Waals surface area (Å²) in [4.78, 5) is 15.2. The second-order valence-electron chi connectivity index (χ2n) is 4.15. The number of nitrogens with zero attached hydrogens (tertiary/aromatic N) is 2. The van der Waals surface area contributed by atoms with Crippen molar-refractivity contribution < 1.29 is 4.79 Å². The molecular weight excluding hydrogens is 166 g/mol. The molecule has 2 unspecified atom stereocenters. The second kappa shape index (κ2) is 3.18. The molecule has 2 saturated heterocycles. The lowest BCUT2D eigenvalue weighted by Crippen LogP contribution is -2.61. The Morgan fingerprint density at radius 2 is 1.85 bits per heavy atom. The molecule has 0 aromatic carbocycles. The molecule has 4 nitrogen and oxygen atoms in total. The molecule has 2 bridgehead atoms. The highest BCUT2D eigenvalue weighted by molar-refractivity contribution is 5.72. The molecule has 0 aromatic heterocycles.